The molecule has 8 nitrogen and oxygen atoms in total. The number of rotatable bonds is 9. The van der Waals surface area contributed by atoms with Crippen LogP contribution >= 0.6 is 0 Å². The zero-order valence-corrected chi connectivity index (χ0v) is 25.5. The first-order valence-corrected chi connectivity index (χ1v) is 14.7. The van der Waals surface area contributed by atoms with E-state index in [2.05, 4.69) is 10.2 Å². The molecule has 2 aliphatic rings. The van der Waals surface area contributed by atoms with Gasteiger partial charge < -0.3 is 24.8 Å². The number of methoxy groups -OCH3 is 2. The minimum Gasteiger partial charge on any atom is -0.494 e. The van der Waals surface area contributed by atoms with Gasteiger partial charge in [0.2, 0.25) is 5.91 Å². The number of hydrogen-bond donors (Lipinski definition) is 2. The van der Waals surface area contributed by atoms with Gasteiger partial charge in [-0.3, -0.25) is 9.69 Å². The molecule has 44 heavy (non-hydrogen) atoms. The summed E-state index contributed by atoms with van der Waals surface area (Å²) in [4.78, 5) is 29.1. The van der Waals surface area contributed by atoms with Crippen molar-refractivity contribution in [2.75, 3.05) is 39.3 Å². The average molecular weight is 600 g/mol. The number of nitrogens with zero attached hydrogens (tertiary/aromatic N) is 2. The Labute approximate surface area is 257 Å². The predicted octanol–water partition coefficient (Wildman–Crippen LogP) is 6.46. The standard InChI is InChI=1S/C35H38FN3O5/c1-22-28(27-11-10-25(36)19-30(27)29(22)20-33(40)37-21-23-8-6-5-7-9-23)16-24-17-31(43-3)34(32(18-24)44-4)39(35(41)42)26-12-14-38(2)15-13-26/h5-11,16-19,26H,12-15,20-21H2,1-4H3,(H,37,40)(H,41,42)/b28-16-. The van der Waals surface area contributed by atoms with Gasteiger partial charge in [0.15, 0.2) is 0 Å². The number of carboxylic acid groups (broad SMARTS) is 1. The molecule has 0 unspecified atom stereocenters. The molecule has 3 aromatic carbocycles. The third kappa shape index (κ3) is 6.48. The minimum atomic E-state index is -1.07. The lowest BCUT2D eigenvalue weighted by Gasteiger charge is -2.36. The van der Waals surface area contributed by atoms with Crippen molar-refractivity contribution in [2.24, 2.45) is 0 Å². The quantitative estimate of drug-likeness (QED) is 0.294. The van der Waals surface area contributed by atoms with Crippen molar-refractivity contribution < 1.29 is 28.6 Å². The smallest absolute Gasteiger partial charge is 0.412 e. The van der Waals surface area contributed by atoms with Crippen molar-refractivity contribution in [3.8, 4) is 11.5 Å². The first-order chi connectivity index (χ1) is 21.2. The molecule has 1 heterocycles. The van der Waals surface area contributed by atoms with E-state index in [1.807, 2.05) is 50.4 Å². The largest absolute Gasteiger partial charge is 0.494 e. The van der Waals surface area contributed by atoms with Gasteiger partial charge in [0, 0.05) is 12.6 Å². The summed E-state index contributed by atoms with van der Waals surface area (Å²) in [5, 5.41) is 13.2. The number of piperidine rings is 1. The number of amides is 2. The molecule has 0 radical (unpaired) electrons. The molecule has 230 valence electrons. The summed E-state index contributed by atoms with van der Waals surface area (Å²) in [6.45, 7) is 3.92. The van der Waals surface area contributed by atoms with Crippen LogP contribution in [0.15, 0.2) is 66.2 Å². The summed E-state index contributed by atoms with van der Waals surface area (Å²) in [6.07, 6.45) is 2.36. The van der Waals surface area contributed by atoms with Gasteiger partial charge in [0.05, 0.1) is 20.6 Å². The van der Waals surface area contributed by atoms with Crippen LogP contribution in [0.3, 0.4) is 0 Å². The van der Waals surface area contributed by atoms with E-state index >= 15 is 0 Å². The number of halogens is 1. The molecule has 2 amide bonds. The number of nitrogens with one attached hydrogen (secondary N) is 1. The van der Waals surface area contributed by atoms with Crippen molar-refractivity contribution in [3.05, 3.63) is 94.3 Å². The molecule has 0 spiro atoms. The van der Waals surface area contributed by atoms with Crippen LogP contribution in [0.4, 0.5) is 14.9 Å². The summed E-state index contributed by atoms with van der Waals surface area (Å²) < 4.78 is 25.9. The predicted molar refractivity (Wildman–Crippen MR) is 170 cm³/mol. The number of benzene rings is 3. The fourth-order valence-electron chi connectivity index (χ4n) is 6.09. The number of anilines is 1. The molecule has 5 rings (SSSR count). The molecular weight excluding hydrogens is 561 g/mol. The fourth-order valence-corrected chi connectivity index (χ4v) is 6.09. The molecule has 0 atom stereocenters. The lowest BCUT2D eigenvalue weighted by atomic mass is 9.99. The van der Waals surface area contributed by atoms with Crippen molar-refractivity contribution in [3.63, 3.8) is 0 Å². The molecular formula is C35H38FN3O5. The zero-order chi connectivity index (χ0) is 31.4. The number of carbonyl (C=O) groups is 2. The van der Waals surface area contributed by atoms with Gasteiger partial charge in [0.1, 0.15) is 23.0 Å². The summed E-state index contributed by atoms with van der Waals surface area (Å²) >= 11 is 0. The lowest BCUT2D eigenvalue weighted by molar-refractivity contribution is -0.120. The maximum atomic E-state index is 14.4. The van der Waals surface area contributed by atoms with Gasteiger partial charge in [0.25, 0.3) is 0 Å². The first kappa shape index (κ1) is 30.8. The summed E-state index contributed by atoms with van der Waals surface area (Å²) in [5.74, 6) is 0.208. The second-order valence-electron chi connectivity index (χ2n) is 11.3. The molecule has 2 N–H and O–H groups in total. The molecule has 0 bridgehead atoms. The van der Waals surface area contributed by atoms with E-state index in [1.54, 1.807) is 18.2 Å². The third-order valence-corrected chi connectivity index (χ3v) is 8.44. The Kier molecular flexibility index (Phi) is 9.35. The van der Waals surface area contributed by atoms with Gasteiger partial charge in [-0.1, -0.05) is 36.4 Å². The highest BCUT2D eigenvalue weighted by Crippen LogP contribution is 2.46. The van der Waals surface area contributed by atoms with E-state index in [0.717, 1.165) is 46.5 Å². The molecule has 1 fully saturated rings. The Morgan fingerprint density at radius 1 is 1.02 bits per heavy atom. The molecule has 0 saturated carbocycles. The Morgan fingerprint density at radius 2 is 1.68 bits per heavy atom. The Morgan fingerprint density at radius 3 is 2.30 bits per heavy atom. The van der Waals surface area contributed by atoms with Crippen LogP contribution in [0.2, 0.25) is 0 Å². The van der Waals surface area contributed by atoms with Crippen LogP contribution in [0.5, 0.6) is 11.5 Å². The van der Waals surface area contributed by atoms with E-state index in [-0.39, 0.29) is 24.2 Å². The van der Waals surface area contributed by atoms with Crippen LogP contribution in [0.1, 0.15) is 48.4 Å². The van der Waals surface area contributed by atoms with E-state index in [1.165, 1.54) is 31.3 Å². The van der Waals surface area contributed by atoms with E-state index in [0.29, 0.717) is 42.1 Å². The zero-order valence-electron chi connectivity index (χ0n) is 25.5. The van der Waals surface area contributed by atoms with Gasteiger partial charge in [-0.05, 0) is 109 Å². The topological polar surface area (TPSA) is 91.3 Å². The molecule has 3 aromatic rings. The Bertz CT molecular complexity index is 1580. The number of allylic oxidation sites excluding steroid dienone is 2. The van der Waals surface area contributed by atoms with Crippen LogP contribution in [0.25, 0.3) is 17.2 Å². The summed E-state index contributed by atoms with van der Waals surface area (Å²) in [5.41, 5.74) is 6.04. The first-order valence-electron chi connectivity index (χ1n) is 14.7. The maximum absolute atomic E-state index is 14.4. The van der Waals surface area contributed by atoms with Crippen molar-refractivity contribution >= 4 is 34.9 Å². The fraction of sp³-hybridized carbons (Fsp3) is 0.314. The van der Waals surface area contributed by atoms with Crippen molar-refractivity contribution in [1.29, 1.82) is 0 Å². The number of carbonyl (C=O) groups excluding carboxylic acids is 1. The van der Waals surface area contributed by atoms with Gasteiger partial charge >= 0.3 is 6.09 Å². The Balaban J connectivity index is 1.50. The second-order valence-corrected chi connectivity index (χ2v) is 11.3. The molecule has 1 aliphatic heterocycles. The van der Waals surface area contributed by atoms with Crippen molar-refractivity contribution in [2.45, 2.75) is 38.8 Å². The highest BCUT2D eigenvalue weighted by molar-refractivity contribution is 6.08. The van der Waals surface area contributed by atoms with Gasteiger partial charge in [-0.25, -0.2) is 9.18 Å². The highest BCUT2D eigenvalue weighted by atomic mass is 19.1. The molecule has 1 saturated heterocycles. The van der Waals surface area contributed by atoms with E-state index in [9.17, 15) is 19.1 Å². The number of likely N-dealkylation sites (tertiary alicyclic amines) is 1. The maximum Gasteiger partial charge on any atom is 0.412 e. The summed E-state index contributed by atoms with van der Waals surface area (Å²) in [7, 11) is 5.04. The van der Waals surface area contributed by atoms with Crippen LogP contribution in [-0.2, 0) is 11.3 Å². The van der Waals surface area contributed by atoms with Gasteiger partial charge in [-0.2, -0.15) is 0 Å². The Hall–Kier alpha value is -4.63. The van der Waals surface area contributed by atoms with Crippen molar-refractivity contribution in [1.82, 2.24) is 10.2 Å². The summed E-state index contributed by atoms with van der Waals surface area (Å²) in [6, 6.07) is 17.6. The average Bonchev–Trinajstić information content (AvgIpc) is 3.26. The third-order valence-electron chi connectivity index (χ3n) is 8.44. The van der Waals surface area contributed by atoms with Crippen LogP contribution < -0.4 is 19.7 Å². The lowest BCUT2D eigenvalue weighted by Crippen LogP contribution is -2.46. The van der Waals surface area contributed by atoms with E-state index in [4.69, 9.17) is 9.47 Å². The number of hydrogen-bond acceptors (Lipinski definition) is 5. The second kappa shape index (κ2) is 13.3. The molecule has 9 heteroatoms. The number of ether oxygens (including phenoxy) is 2. The number of fused-ring (bicyclic) bond motifs is 1. The molecule has 0 aromatic heterocycles. The van der Waals surface area contributed by atoms with Crippen LogP contribution in [-0.4, -0.2) is 62.4 Å². The normalized spacial score (nSPS) is 16.2. The van der Waals surface area contributed by atoms with E-state index < -0.39 is 6.09 Å². The highest BCUT2D eigenvalue weighted by Gasteiger charge is 2.33. The molecule has 1 aliphatic carbocycles. The van der Waals surface area contributed by atoms with Crippen LogP contribution in [0, 0.1) is 5.82 Å². The monoisotopic (exact) mass is 599 g/mol. The van der Waals surface area contributed by atoms with Gasteiger partial charge in [-0.15, -0.1) is 0 Å². The SMILES string of the molecule is COc1cc(/C=C2/C(C)=C(CC(=O)NCc3ccccc3)c3cc(F)ccc32)cc(OC)c1N(C(=O)O)C1CCN(C)CC1. The minimum absolute atomic E-state index is 0.0994.